The van der Waals surface area contributed by atoms with Gasteiger partial charge in [0, 0.05) is 35.7 Å². The zero-order valence-electron chi connectivity index (χ0n) is 12.9. The van der Waals surface area contributed by atoms with Crippen LogP contribution in [0.2, 0.25) is 5.02 Å². The molecule has 1 aromatic carbocycles. The minimum Gasteiger partial charge on any atom is -0.378 e. The first-order valence-corrected chi connectivity index (χ1v) is 7.87. The van der Waals surface area contributed by atoms with Gasteiger partial charge in [0.2, 0.25) is 0 Å². The molecular formula is C17H18ClN3O2. The van der Waals surface area contributed by atoms with Gasteiger partial charge in [0.05, 0.1) is 13.2 Å². The summed E-state index contributed by atoms with van der Waals surface area (Å²) in [7, 11) is 0. The molecule has 3 rings (SSSR count). The topological polar surface area (TPSA) is 54.5 Å². The maximum atomic E-state index is 12.4. The van der Waals surface area contributed by atoms with E-state index in [9.17, 15) is 4.79 Å². The number of aromatic nitrogens is 1. The van der Waals surface area contributed by atoms with Gasteiger partial charge in [-0.1, -0.05) is 17.7 Å². The van der Waals surface area contributed by atoms with E-state index < -0.39 is 0 Å². The van der Waals surface area contributed by atoms with E-state index in [1.807, 2.05) is 25.1 Å². The number of nitrogens with zero attached hydrogens (tertiary/aromatic N) is 2. The first kappa shape index (κ1) is 15.8. The number of anilines is 2. The molecule has 1 saturated heterocycles. The molecule has 23 heavy (non-hydrogen) atoms. The minimum absolute atomic E-state index is 0.250. The Morgan fingerprint density at radius 1 is 1.26 bits per heavy atom. The van der Waals surface area contributed by atoms with Crippen molar-refractivity contribution in [2.75, 3.05) is 36.5 Å². The lowest BCUT2D eigenvalue weighted by atomic mass is 10.2. The van der Waals surface area contributed by atoms with Crippen molar-refractivity contribution in [1.29, 1.82) is 0 Å². The van der Waals surface area contributed by atoms with E-state index in [1.54, 1.807) is 18.3 Å². The molecule has 0 atom stereocenters. The van der Waals surface area contributed by atoms with Crippen LogP contribution in [0, 0.1) is 6.92 Å². The van der Waals surface area contributed by atoms with Crippen LogP contribution in [0.5, 0.6) is 0 Å². The molecule has 6 heteroatoms. The Labute approximate surface area is 140 Å². The number of carbonyl (C=O) groups is 1. The molecule has 1 N–H and O–H groups in total. The Kier molecular flexibility index (Phi) is 4.79. The molecule has 2 heterocycles. The van der Waals surface area contributed by atoms with E-state index in [-0.39, 0.29) is 5.91 Å². The average molecular weight is 332 g/mol. The predicted octanol–water partition coefficient (Wildman–Crippen LogP) is 3.13. The van der Waals surface area contributed by atoms with Crippen molar-refractivity contribution in [3.63, 3.8) is 0 Å². The molecule has 1 aliphatic heterocycles. The standard InChI is InChI=1S/C17H18ClN3O2/c1-12-2-3-13(10-15(12)18)20-17(22)16-11-14(4-5-19-16)21-6-8-23-9-7-21/h2-5,10-11H,6-9H2,1H3,(H,20,22). The lowest BCUT2D eigenvalue weighted by Gasteiger charge is -2.28. The number of morpholine rings is 1. The number of aryl methyl sites for hydroxylation is 1. The number of halogens is 1. The van der Waals surface area contributed by atoms with Gasteiger partial charge in [-0.05, 0) is 36.8 Å². The van der Waals surface area contributed by atoms with Crippen molar-refractivity contribution < 1.29 is 9.53 Å². The second kappa shape index (κ2) is 6.98. The summed E-state index contributed by atoms with van der Waals surface area (Å²) in [6.07, 6.45) is 1.65. The molecule has 0 unspecified atom stereocenters. The van der Waals surface area contributed by atoms with Gasteiger partial charge in [-0.2, -0.15) is 0 Å². The zero-order valence-corrected chi connectivity index (χ0v) is 13.6. The normalized spacial score (nSPS) is 14.6. The van der Waals surface area contributed by atoms with Crippen molar-refractivity contribution in [3.8, 4) is 0 Å². The highest BCUT2D eigenvalue weighted by atomic mass is 35.5. The third kappa shape index (κ3) is 3.81. The van der Waals surface area contributed by atoms with Crippen LogP contribution in [0.15, 0.2) is 36.5 Å². The number of carbonyl (C=O) groups excluding carboxylic acids is 1. The maximum Gasteiger partial charge on any atom is 0.274 e. The van der Waals surface area contributed by atoms with Crippen LogP contribution in [0.1, 0.15) is 16.1 Å². The number of amides is 1. The van der Waals surface area contributed by atoms with Crippen molar-refractivity contribution in [2.24, 2.45) is 0 Å². The number of ether oxygens (including phenoxy) is 1. The van der Waals surface area contributed by atoms with Crippen LogP contribution < -0.4 is 10.2 Å². The third-order valence-corrected chi connectivity index (χ3v) is 4.19. The summed E-state index contributed by atoms with van der Waals surface area (Å²) in [5.41, 5.74) is 2.99. The Balaban J connectivity index is 1.75. The Morgan fingerprint density at radius 3 is 2.78 bits per heavy atom. The van der Waals surface area contributed by atoms with E-state index >= 15 is 0 Å². The number of hydrogen-bond donors (Lipinski definition) is 1. The molecule has 0 saturated carbocycles. The van der Waals surface area contributed by atoms with Gasteiger partial charge < -0.3 is 15.0 Å². The van der Waals surface area contributed by atoms with E-state index in [2.05, 4.69) is 15.2 Å². The molecule has 2 aromatic rings. The van der Waals surface area contributed by atoms with Gasteiger partial charge in [0.15, 0.2) is 0 Å². The molecule has 0 spiro atoms. The van der Waals surface area contributed by atoms with Crippen LogP contribution >= 0.6 is 11.6 Å². The second-order valence-corrected chi connectivity index (χ2v) is 5.82. The SMILES string of the molecule is Cc1ccc(NC(=O)c2cc(N3CCOCC3)ccn2)cc1Cl. The van der Waals surface area contributed by atoms with E-state index in [1.165, 1.54) is 0 Å². The molecule has 120 valence electrons. The van der Waals surface area contributed by atoms with Gasteiger partial charge in [-0.25, -0.2) is 0 Å². The van der Waals surface area contributed by atoms with Gasteiger partial charge in [-0.15, -0.1) is 0 Å². The van der Waals surface area contributed by atoms with Crippen molar-refractivity contribution in [3.05, 3.63) is 52.8 Å². The number of hydrogen-bond acceptors (Lipinski definition) is 4. The summed E-state index contributed by atoms with van der Waals surface area (Å²) in [4.78, 5) is 18.7. The van der Waals surface area contributed by atoms with Gasteiger partial charge >= 0.3 is 0 Å². The molecule has 1 aliphatic rings. The number of rotatable bonds is 3. The highest BCUT2D eigenvalue weighted by Gasteiger charge is 2.14. The lowest BCUT2D eigenvalue weighted by Crippen LogP contribution is -2.36. The molecular weight excluding hydrogens is 314 g/mol. The second-order valence-electron chi connectivity index (χ2n) is 5.42. The quantitative estimate of drug-likeness (QED) is 0.938. The largest absolute Gasteiger partial charge is 0.378 e. The van der Waals surface area contributed by atoms with Crippen molar-refractivity contribution in [1.82, 2.24) is 4.98 Å². The number of benzene rings is 1. The summed E-state index contributed by atoms with van der Waals surface area (Å²) in [5, 5.41) is 3.45. The minimum atomic E-state index is -0.250. The first-order valence-electron chi connectivity index (χ1n) is 7.50. The number of nitrogens with one attached hydrogen (secondary N) is 1. The fraction of sp³-hybridized carbons (Fsp3) is 0.294. The van der Waals surface area contributed by atoms with Crippen LogP contribution in [0.25, 0.3) is 0 Å². The molecule has 1 aromatic heterocycles. The molecule has 0 aliphatic carbocycles. The summed E-state index contributed by atoms with van der Waals surface area (Å²) in [5.74, 6) is -0.250. The van der Waals surface area contributed by atoms with Crippen LogP contribution in [0.4, 0.5) is 11.4 Å². The van der Waals surface area contributed by atoms with Crippen LogP contribution in [0.3, 0.4) is 0 Å². The maximum absolute atomic E-state index is 12.4. The van der Waals surface area contributed by atoms with Gasteiger partial charge in [0.1, 0.15) is 5.69 Å². The Morgan fingerprint density at radius 2 is 2.04 bits per heavy atom. The van der Waals surface area contributed by atoms with E-state index in [4.69, 9.17) is 16.3 Å². The molecule has 1 amide bonds. The third-order valence-electron chi connectivity index (χ3n) is 3.78. The van der Waals surface area contributed by atoms with Crippen LogP contribution in [-0.4, -0.2) is 37.2 Å². The van der Waals surface area contributed by atoms with Crippen molar-refractivity contribution >= 4 is 28.9 Å². The summed E-state index contributed by atoms with van der Waals surface area (Å²) in [6, 6.07) is 9.14. The van der Waals surface area contributed by atoms with Crippen LogP contribution in [-0.2, 0) is 4.74 Å². The Hall–Kier alpha value is -2.11. The fourth-order valence-electron chi connectivity index (χ4n) is 2.43. The summed E-state index contributed by atoms with van der Waals surface area (Å²) in [6.45, 7) is 4.95. The predicted molar refractivity (Wildman–Crippen MR) is 91.4 cm³/mol. The smallest absolute Gasteiger partial charge is 0.274 e. The monoisotopic (exact) mass is 331 g/mol. The number of pyridine rings is 1. The summed E-state index contributed by atoms with van der Waals surface area (Å²) >= 11 is 6.08. The summed E-state index contributed by atoms with van der Waals surface area (Å²) < 4.78 is 5.35. The average Bonchev–Trinajstić information content (AvgIpc) is 2.59. The zero-order chi connectivity index (χ0) is 16.2. The van der Waals surface area contributed by atoms with E-state index in [0.29, 0.717) is 29.6 Å². The Bertz CT molecular complexity index is 715. The lowest BCUT2D eigenvalue weighted by molar-refractivity contribution is 0.102. The highest BCUT2D eigenvalue weighted by Crippen LogP contribution is 2.21. The molecule has 0 bridgehead atoms. The highest BCUT2D eigenvalue weighted by molar-refractivity contribution is 6.31. The molecule has 5 nitrogen and oxygen atoms in total. The fourth-order valence-corrected chi connectivity index (χ4v) is 2.61. The molecule has 1 fully saturated rings. The van der Waals surface area contributed by atoms with Crippen molar-refractivity contribution in [2.45, 2.75) is 6.92 Å². The van der Waals surface area contributed by atoms with Gasteiger partial charge in [-0.3, -0.25) is 9.78 Å². The first-order chi connectivity index (χ1) is 11.1. The molecule has 0 radical (unpaired) electrons. The van der Waals surface area contributed by atoms with E-state index in [0.717, 1.165) is 24.3 Å². The van der Waals surface area contributed by atoms with Gasteiger partial charge in [0.25, 0.3) is 5.91 Å².